The van der Waals surface area contributed by atoms with Crippen LogP contribution < -0.4 is 10.6 Å². The molecule has 0 saturated heterocycles. The number of hydrogen-bond donors (Lipinski definition) is 2. The second kappa shape index (κ2) is 5.04. The Hall–Kier alpha value is -1.22. The van der Waals surface area contributed by atoms with E-state index in [1.807, 2.05) is 6.07 Å². The van der Waals surface area contributed by atoms with Crippen LogP contribution in [-0.2, 0) is 0 Å². The highest BCUT2D eigenvalue weighted by atomic mass is 35.5. The largest absolute Gasteiger partial charge is 0.381 e. The SMILES string of the molecule is CNC(=O)c1ccc(Cl)c(NC2CC3CCC2C3)c1. The van der Waals surface area contributed by atoms with Gasteiger partial charge in [-0.1, -0.05) is 18.0 Å². The average molecular weight is 279 g/mol. The molecular weight excluding hydrogens is 260 g/mol. The average Bonchev–Trinajstić information content (AvgIpc) is 3.02. The van der Waals surface area contributed by atoms with Gasteiger partial charge in [-0.25, -0.2) is 0 Å². The van der Waals surface area contributed by atoms with Crippen LogP contribution in [-0.4, -0.2) is 19.0 Å². The van der Waals surface area contributed by atoms with Gasteiger partial charge in [0.25, 0.3) is 5.91 Å². The number of anilines is 1. The fourth-order valence-electron chi connectivity index (χ4n) is 3.54. The molecule has 3 unspecified atom stereocenters. The van der Waals surface area contributed by atoms with Crippen LogP contribution in [0, 0.1) is 11.8 Å². The molecule has 2 saturated carbocycles. The minimum Gasteiger partial charge on any atom is -0.381 e. The Morgan fingerprint density at radius 3 is 2.79 bits per heavy atom. The fourth-order valence-corrected chi connectivity index (χ4v) is 3.71. The monoisotopic (exact) mass is 278 g/mol. The lowest BCUT2D eigenvalue weighted by atomic mass is 9.95. The van der Waals surface area contributed by atoms with Crippen molar-refractivity contribution in [2.75, 3.05) is 12.4 Å². The lowest BCUT2D eigenvalue weighted by Crippen LogP contribution is -2.26. The van der Waals surface area contributed by atoms with E-state index in [2.05, 4.69) is 10.6 Å². The van der Waals surface area contributed by atoms with Crippen LogP contribution in [0.25, 0.3) is 0 Å². The quantitative estimate of drug-likeness (QED) is 0.891. The van der Waals surface area contributed by atoms with Crippen LogP contribution in [0.5, 0.6) is 0 Å². The van der Waals surface area contributed by atoms with E-state index in [0.717, 1.165) is 17.5 Å². The zero-order valence-electron chi connectivity index (χ0n) is 11.1. The Morgan fingerprint density at radius 1 is 1.32 bits per heavy atom. The number of rotatable bonds is 3. The standard InChI is InChI=1S/C15H19ClN2O/c1-17-15(19)11-4-5-12(16)14(8-11)18-13-7-9-2-3-10(13)6-9/h4-5,8-10,13,18H,2-3,6-7H2,1H3,(H,17,19). The fraction of sp³-hybridized carbons (Fsp3) is 0.533. The van der Waals surface area contributed by atoms with Gasteiger partial charge in [0.15, 0.2) is 0 Å². The molecule has 0 heterocycles. The first-order valence-electron chi connectivity index (χ1n) is 6.95. The summed E-state index contributed by atoms with van der Waals surface area (Å²) in [4.78, 5) is 11.7. The molecule has 0 radical (unpaired) electrons. The Balaban J connectivity index is 1.78. The van der Waals surface area contributed by atoms with Gasteiger partial charge in [0.1, 0.15) is 0 Å². The zero-order chi connectivity index (χ0) is 13.4. The van der Waals surface area contributed by atoms with E-state index in [4.69, 9.17) is 11.6 Å². The molecule has 1 aromatic carbocycles. The Kier molecular flexibility index (Phi) is 3.40. The van der Waals surface area contributed by atoms with Gasteiger partial charge in [-0.2, -0.15) is 0 Å². The van der Waals surface area contributed by atoms with E-state index in [1.54, 1.807) is 19.2 Å². The third kappa shape index (κ3) is 2.44. The maximum atomic E-state index is 11.7. The van der Waals surface area contributed by atoms with Crippen molar-refractivity contribution in [1.29, 1.82) is 0 Å². The van der Waals surface area contributed by atoms with Crippen LogP contribution in [0.2, 0.25) is 5.02 Å². The molecule has 19 heavy (non-hydrogen) atoms. The molecule has 0 aromatic heterocycles. The van der Waals surface area contributed by atoms with E-state index in [0.29, 0.717) is 16.6 Å². The molecule has 3 nitrogen and oxygen atoms in total. The van der Waals surface area contributed by atoms with Gasteiger partial charge < -0.3 is 10.6 Å². The number of carbonyl (C=O) groups is 1. The second-order valence-electron chi connectivity index (χ2n) is 5.70. The third-order valence-corrected chi connectivity index (χ3v) is 4.86. The summed E-state index contributed by atoms with van der Waals surface area (Å²) < 4.78 is 0. The van der Waals surface area contributed by atoms with E-state index >= 15 is 0 Å². The molecule has 3 atom stereocenters. The maximum absolute atomic E-state index is 11.7. The molecule has 102 valence electrons. The van der Waals surface area contributed by atoms with Crippen LogP contribution in [0.4, 0.5) is 5.69 Å². The first-order chi connectivity index (χ1) is 9.17. The van der Waals surface area contributed by atoms with Crippen LogP contribution in [0.3, 0.4) is 0 Å². The van der Waals surface area contributed by atoms with E-state index in [-0.39, 0.29) is 5.91 Å². The zero-order valence-corrected chi connectivity index (χ0v) is 11.8. The van der Waals surface area contributed by atoms with Crippen molar-refractivity contribution < 1.29 is 4.79 Å². The molecule has 0 spiro atoms. The highest BCUT2D eigenvalue weighted by molar-refractivity contribution is 6.33. The molecule has 2 aliphatic rings. The number of fused-ring (bicyclic) bond motifs is 2. The molecule has 1 aromatic rings. The maximum Gasteiger partial charge on any atom is 0.251 e. The number of nitrogens with one attached hydrogen (secondary N) is 2. The van der Waals surface area contributed by atoms with Gasteiger partial charge in [-0.3, -0.25) is 4.79 Å². The summed E-state index contributed by atoms with van der Waals surface area (Å²) in [6.07, 6.45) is 5.31. The molecule has 2 fully saturated rings. The van der Waals surface area contributed by atoms with Crippen molar-refractivity contribution in [2.24, 2.45) is 11.8 Å². The van der Waals surface area contributed by atoms with Crippen molar-refractivity contribution in [2.45, 2.75) is 31.7 Å². The summed E-state index contributed by atoms with van der Waals surface area (Å²) in [5.74, 6) is 1.60. The lowest BCUT2D eigenvalue weighted by Gasteiger charge is -2.24. The number of hydrogen-bond acceptors (Lipinski definition) is 2. The lowest BCUT2D eigenvalue weighted by molar-refractivity contribution is 0.0963. The molecule has 2 N–H and O–H groups in total. The highest BCUT2D eigenvalue weighted by Crippen LogP contribution is 2.46. The van der Waals surface area contributed by atoms with Crippen LogP contribution >= 0.6 is 11.6 Å². The molecular formula is C15H19ClN2O. The predicted molar refractivity (Wildman–Crippen MR) is 77.7 cm³/mol. The van der Waals surface area contributed by atoms with Crippen LogP contribution in [0.1, 0.15) is 36.0 Å². The molecule has 1 amide bonds. The summed E-state index contributed by atoms with van der Waals surface area (Å²) in [6, 6.07) is 5.93. The Morgan fingerprint density at radius 2 is 2.16 bits per heavy atom. The van der Waals surface area contributed by atoms with Crippen molar-refractivity contribution in [3.8, 4) is 0 Å². The molecule has 2 bridgehead atoms. The molecule has 0 aliphatic heterocycles. The van der Waals surface area contributed by atoms with Gasteiger partial charge in [-0.15, -0.1) is 0 Å². The van der Waals surface area contributed by atoms with Crippen molar-refractivity contribution >= 4 is 23.2 Å². The Labute approximate surface area is 118 Å². The summed E-state index contributed by atoms with van der Waals surface area (Å²) >= 11 is 6.23. The smallest absolute Gasteiger partial charge is 0.251 e. The highest BCUT2D eigenvalue weighted by Gasteiger charge is 2.39. The van der Waals surface area contributed by atoms with E-state index in [9.17, 15) is 4.79 Å². The number of halogens is 1. The topological polar surface area (TPSA) is 41.1 Å². The molecule has 4 heteroatoms. The normalized spacial score (nSPS) is 28.4. The van der Waals surface area contributed by atoms with E-state index < -0.39 is 0 Å². The number of carbonyl (C=O) groups excluding carboxylic acids is 1. The second-order valence-corrected chi connectivity index (χ2v) is 6.11. The first kappa shape index (κ1) is 12.8. The number of benzene rings is 1. The van der Waals surface area contributed by atoms with E-state index in [1.165, 1.54) is 25.7 Å². The number of amides is 1. The van der Waals surface area contributed by atoms with Crippen LogP contribution in [0.15, 0.2) is 18.2 Å². The summed E-state index contributed by atoms with van der Waals surface area (Å²) in [6.45, 7) is 0. The first-order valence-corrected chi connectivity index (χ1v) is 7.33. The molecule has 2 aliphatic carbocycles. The van der Waals surface area contributed by atoms with Gasteiger partial charge in [-0.05, 0) is 49.3 Å². The minimum atomic E-state index is -0.0762. The van der Waals surface area contributed by atoms with Gasteiger partial charge in [0.05, 0.1) is 10.7 Å². The van der Waals surface area contributed by atoms with Gasteiger partial charge in [0.2, 0.25) is 0 Å². The molecule has 3 rings (SSSR count). The Bertz CT molecular complexity index is 503. The summed E-state index contributed by atoms with van der Waals surface area (Å²) in [5, 5.41) is 6.88. The third-order valence-electron chi connectivity index (χ3n) is 4.53. The summed E-state index contributed by atoms with van der Waals surface area (Å²) in [7, 11) is 1.64. The van der Waals surface area contributed by atoms with Crippen molar-refractivity contribution in [3.63, 3.8) is 0 Å². The van der Waals surface area contributed by atoms with Crippen molar-refractivity contribution in [3.05, 3.63) is 28.8 Å². The summed E-state index contributed by atoms with van der Waals surface area (Å²) in [5.41, 5.74) is 1.54. The predicted octanol–water partition coefficient (Wildman–Crippen LogP) is 3.30. The van der Waals surface area contributed by atoms with Crippen molar-refractivity contribution in [1.82, 2.24) is 5.32 Å². The van der Waals surface area contributed by atoms with Gasteiger partial charge >= 0.3 is 0 Å². The van der Waals surface area contributed by atoms with Gasteiger partial charge in [0, 0.05) is 18.7 Å². The minimum absolute atomic E-state index is 0.0762.